The number of hydrogen-bond acceptors (Lipinski definition) is 4. The van der Waals surface area contributed by atoms with Crippen LogP contribution >= 0.6 is 0 Å². The number of anilines is 2. The molecule has 1 aromatic heterocycles. The zero-order valence-corrected chi connectivity index (χ0v) is 12.8. The fourth-order valence-electron chi connectivity index (χ4n) is 2.80. The Labute approximate surface area is 130 Å². The van der Waals surface area contributed by atoms with Crippen LogP contribution in [0, 0.1) is 12.7 Å². The fraction of sp³-hybridized carbons (Fsp3) is 0.412. The minimum atomic E-state index is -0.204. The SMILES string of the molecule is Cc1cc(NCc2ccccc2F)nc(NC2CCCC2)n1. The second kappa shape index (κ2) is 6.73. The molecule has 3 rings (SSSR count). The van der Waals surface area contributed by atoms with Gasteiger partial charge < -0.3 is 10.6 Å². The number of rotatable bonds is 5. The van der Waals surface area contributed by atoms with Crippen molar-refractivity contribution in [3.8, 4) is 0 Å². The van der Waals surface area contributed by atoms with Gasteiger partial charge in [-0.3, -0.25) is 0 Å². The van der Waals surface area contributed by atoms with Crippen LogP contribution in [0.1, 0.15) is 36.9 Å². The Balaban J connectivity index is 1.68. The zero-order valence-electron chi connectivity index (χ0n) is 12.8. The first-order valence-corrected chi connectivity index (χ1v) is 7.80. The molecule has 0 spiro atoms. The van der Waals surface area contributed by atoms with Crippen molar-refractivity contribution in [2.45, 2.75) is 45.2 Å². The Morgan fingerprint density at radius 2 is 1.95 bits per heavy atom. The Morgan fingerprint density at radius 3 is 2.73 bits per heavy atom. The Kier molecular flexibility index (Phi) is 4.51. The normalized spacial score (nSPS) is 15.0. The number of halogens is 1. The van der Waals surface area contributed by atoms with Gasteiger partial charge >= 0.3 is 0 Å². The zero-order chi connectivity index (χ0) is 15.4. The third kappa shape index (κ3) is 3.72. The van der Waals surface area contributed by atoms with Gasteiger partial charge in [0.05, 0.1) is 0 Å². The molecular weight excluding hydrogens is 279 g/mol. The van der Waals surface area contributed by atoms with Gasteiger partial charge in [-0.05, 0) is 25.8 Å². The van der Waals surface area contributed by atoms with E-state index in [1.54, 1.807) is 12.1 Å². The molecule has 1 saturated carbocycles. The predicted molar refractivity (Wildman–Crippen MR) is 86.4 cm³/mol. The first-order valence-electron chi connectivity index (χ1n) is 7.80. The first kappa shape index (κ1) is 14.8. The summed E-state index contributed by atoms with van der Waals surface area (Å²) in [6.45, 7) is 2.35. The summed E-state index contributed by atoms with van der Waals surface area (Å²) in [6.07, 6.45) is 4.88. The highest BCUT2D eigenvalue weighted by molar-refractivity contribution is 5.43. The average Bonchev–Trinajstić information content (AvgIpc) is 2.99. The van der Waals surface area contributed by atoms with E-state index < -0.39 is 0 Å². The van der Waals surface area contributed by atoms with Gasteiger partial charge in [-0.1, -0.05) is 31.0 Å². The Bertz CT molecular complexity index is 638. The maximum atomic E-state index is 13.6. The fourth-order valence-corrected chi connectivity index (χ4v) is 2.80. The molecule has 0 atom stereocenters. The van der Waals surface area contributed by atoms with E-state index in [0.29, 0.717) is 24.1 Å². The van der Waals surface area contributed by atoms with Gasteiger partial charge in [-0.2, -0.15) is 4.98 Å². The summed E-state index contributed by atoms with van der Waals surface area (Å²) in [5.74, 6) is 1.17. The highest BCUT2D eigenvalue weighted by Crippen LogP contribution is 2.21. The van der Waals surface area contributed by atoms with Gasteiger partial charge in [-0.25, -0.2) is 9.37 Å². The monoisotopic (exact) mass is 300 g/mol. The molecule has 0 unspecified atom stereocenters. The molecule has 1 heterocycles. The highest BCUT2D eigenvalue weighted by atomic mass is 19.1. The van der Waals surface area contributed by atoms with Gasteiger partial charge in [-0.15, -0.1) is 0 Å². The van der Waals surface area contributed by atoms with E-state index in [1.807, 2.05) is 19.1 Å². The van der Waals surface area contributed by atoms with Crippen LogP contribution in [-0.4, -0.2) is 16.0 Å². The van der Waals surface area contributed by atoms with Crippen molar-refractivity contribution in [1.82, 2.24) is 9.97 Å². The standard InChI is InChI=1S/C17H21FN4/c1-12-10-16(19-11-13-6-2-5-9-15(13)18)22-17(20-12)21-14-7-3-4-8-14/h2,5-6,9-10,14H,3-4,7-8,11H2,1H3,(H2,19,20,21,22). The van der Waals surface area contributed by atoms with Crippen LogP contribution in [0.15, 0.2) is 30.3 Å². The molecule has 1 aliphatic rings. The second-order valence-electron chi connectivity index (χ2n) is 5.79. The minimum absolute atomic E-state index is 0.204. The largest absolute Gasteiger partial charge is 0.366 e. The van der Waals surface area contributed by atoms with Crippen LogP contribution in [0.3, 0.4) is 0 Å². The molecular formula is C17H21FN4. The summed E-state index contributed by atoms with van der Waals surface area (Å²) < 4.78 is 13.6. The van der Waals surface area contributed by atoms with E-state index >= 15 is 0 Å². The van der Waals surface area contributed by atoms with E-state index in [-0.39, 0.29) is 5.82 Å². The van der Waals surface area contributed by atoms with Crippen LogP contribution in [0.5, 0.6) is 0 Å². The molecule has 0 radical (unpaired) electrons. The summed E-state index contributed by atoms with van der Waals surface area (Å²) >= 11 is 0. The maximum absolute atomic E-state index is 13.6. The number of nitrogens with one attached hydrogen (secondary N) is 2. The Hall–Kier alpha value is -2.17. The van der Waals surface area contributed by atoms with Crippen molar-refractivity contribution in [2.75, 3.05) is 10.6 Å². The third-order valence-electron chi connectivity index (χ3n) is 3.96. The van der Waals surface area contributed by atoms with E-state index in [9.17, 15) is 4.39 Å². The average molecular weight is 300 g/mol. The van der Waals surface area contributed by atoms with Gasteiger partial charge in [0, 0.05) is 29.9 Å². The van der Waals surface area contributed by atoms with Crippen LogP contribution in [-0.2, 0) is 6.54 Å². The van der Waals surface area contributed by atoms with Crippen molar-refractivity contribution in [3.63, 3.8) is 0 Å². The van der Waals surface area contributed by atoms with Gasteiger partial charge in [0.15, 0.2) is 0 Å². The quantitative estimate of drug-likeness (QED) is 0.879. The highest BCUT2D eigenvalue weighted by Gasteiger charge is 2.16. The summed E-state index contributed by atoms with van der Waals surface area (Å²) in [5.41, 5.74) is 1.52. The number of aryl methyl sites for hydroxylation is 1. The molecule has 0 bridgehead atoms. The molecule has 2 aromatic rings. The molecule has 0 amide bonds. The lowest BCUT2D eigenvalue weighted by atomic mass is 10.2. The van der Waals surface area contributed by atoms with Crippen molar-refractivity contribution in [1.29, 1.82) is 0 Å². The molecule has 116 valence electrons. The molecule has 1 aromatic carbocycles. The van der Waals surface area contributed by atoms with Crippen molar-refractivity contribution in [2.24, 2.45) is 0 Å². The number of nitrogens with zero attached hydrogens (tertiary/aromatic N) is 2. The lowest BCUT2D eigenvalue weighted by molar-refractivity contribution is 0.613. The molecule has 1 fully saturated rings. The van der Waals surface area contributed by atoms with Crippen molar-refractivity contribution >= 4 is 11.8 Å². The van der Waals surface area contributed by atoms with Crippen LogP contribution < -0.4 is 10.6 Å². The van der Waals surface area contributed by atoms with Crippen LogP contribution in [0.2, 0.25) is 0 Å². The second-order valence-corrected chi connectivity index (χ2v) is 5.79. The predicted octanol–water partition coefficient (Wildman–Crippen LogP) is 3.89. The maximum Gasteiger partial charge on any atom is 0.225 e. The molecule has 2 N–H and O–H groups in total. The van der Waals surface area contributed by atoms with E-state index in [1.165, 1.54) is 31.7 Å². The van der Waals surface area contributed by atoms with Gasteiger partial charge in [0.1, 0.15) is 11.6 Å². The Morgan fingerprint density at radius 1 is 1.18 bits per heavy atom. The summed E-state index contributed by atoms with van der Waals surface area (Å²) in [7, 11) is 0. The number of hydrogen-bond donors (Lipinski definition) is 2. The molecule has 0 aliphatic heterocycles. The molecule has 4 nitrogen and oxygen atoms in total. The van der Waals surface area contributed by atoms with Crippen molar-refractivity contribution < 1.29 is 4.39 Å². The number of benzene rings is 1. The lowest BCUT2D eigenvalue weighted by Crippen LogP contribution is -2.17. The van der Waals surface area contributed by atoms with Crippen molar-refractivity contribution in [3.05, 3.63) is 47.4 Å². The molecule has 0 saturated heterocycles. The first-order chi connectivity index (χ1) is 10.7. The minimum Gasteiger partial charge on any atom is -0.366 e. The van der Waals surface area contributed by atoms with Gasteiger partial charge in [0.2, 0.25) is 5.95 Å². The molecule has 1 aliphatic carbocycles. The lowest BCUT2D eigenvalue weighted by Gasteiger charge is -2.14. The van der Waals surface area contributed by atoms with E-state index in [2.05, 4.69) is 20.6 Å². The van der Waals surface area contributed by atoms with E-state index in [4.69, 9.17) is 0 Å². The topological polar surface area (TPSA) is 49.8 Å². The summed E-state index contributed by atoms with van der Waals surface area (Å²) in [4.78, 5) is 8.92. The smallest absolute Gasteiger partial charge is 0.225 e. The molecule has 22 heavy (non-hydrogen) atoms. The van der Waals surface area contributed by atoms with E-state index in [0.717, 1.165) is 11.5 Å². The summed E-state index contributed by atoms with van der Waals surface area (Å²) in [6, 6.07) is 9.11. The third-order valence-corrected chi connectivity index (χ3v) is 3.96. The van der Waals surface area contributed by atoms with Crippen LogP contribution in [0.4, 0.5) is 16.2 Å². The number of aromatic nitrogens is 2. The van der Waals surface area contributed by atoms with Gasteiger partial charge in [0.25, 0.3) is 0 Å². The van der Waals surface area contributed by atoms with Crippen LogP contribution in [0.25, 0.3) is 0 Å². The molecule has 5 heteroatoms. The summed E-state index contributed by atoms with van der Waals surface area (Å²) in [5, 5.41) is 6.57.